The summed E-state index contributed by atoms with van der Waals surface area (Å²) in [6, 6.07) is 7.22. The van der Waals surface area contributed by atoms with Gasteiger partial charge in [-0.15, -0.1) is 12.4 Å². The Morgan fingerprint density at radius 1 is 1.33 bits per heavy atom. The molecule has 114 valence electrons. The van der Waals surface area contributed by atoms with Crippen molar-refractivity contribution >= 4 is 24.0 Å². The van der Waals surface area contributed by atoms with Gasteiger partial charge in [-0.25, -0.2) is 0 Å². The third-order valence-corrected chi connectivity index (χ3v) is 2.56. The van der Waals surface area contributed by atoms with Crippen LogP contribution in [0.3, 0.4) is 0 Å². The highest BCUT2D eigenvalue weighted by molar-refractivity contribution is 5.92. The molecule has 0 bridgehead atoms. The van der Waals surface area contributed by atoms with Crippen LogP contribution >= 0.6 is 12.4 Å². The van der Waals surface area contributed by atoms with E-state index in [1.54, 1.807) is 19.2 Å². The third-order valence-electron chi connectivity index (χ3n) is 2.56. The van der Waals surface area contributed by atoms with Crippen molar-refractivity contribution in [2.24, 2.45) is 0 Å². The molecule has 21 heavy (non-hydrogen) atoms. The summed E-state index contributed by atoms with van der Waals surface area (Å²) in [7, 11) is 1.62. The van der Waals surface area contributed by atoms with Gasteiger partial charge in [-0.3, -0.25) is 4.79 Å². The molecule has 0 aliphatic rings. The summed E-state index contributed by atoms with van der Waals surface area (Å²) in [5, 5.41) is 9.50. The largest absolute Gasteiger partial charge is 0.383 e. The minimum Gasteiger partial charge on any atom is -0.383 e. The van der Waals surface area contributed by atoms with Gasteiger partial charge in [0.15, 0.2) is 0 Å². The lowest BCUT2D eigenvalue weighted by Crippen LogP contribution is -2.30. The van der Waals surface area contributed by atoms with E-state index in [0.29, 0.717) is 19.0 Å². The highest BCUT2D eigenvalue weighted by atomic mass is 35.5. The molecule has 2 rings (SSSR count). The Balaban J connectivity index is 0.00000220. The summed E-state index contributed by atoms with van der Waals surface area (Å²) < 4.78 is 9.56. The van der Waals surface area contributed by atoms with Crippen molar-refractivity contribution in [2.45, 2.75) is 0 Å². The first-order chi connectivity index (χ1) is 9.79. The molecular weight excluding hydrogens is 296 g/mol. The van der Waals surface area contributed by atoms with Crippen LogP contribution in [0.2, 0.25) is 0 Å². The Hall–Kier alpha value is -1.96. The lowest BCUT2D eigenvalue weighted by molar-refractivity contribution is -0.115. The molecule has 0 unspecified atom stereocenters. The Morgan fingerprint density at radius 3 is 2.71 bits per heavy atom. The number of halogens is 1. The number of aromatic nitrogens is 2. The van der Waals surface area contributed by atoms with E-state index in [9.17, 15) is 4.79 Å². The minimum atomic E-state index is -0.103. The SMILES string of the molecule is COCCNCC(=O)Nc1ccc(-c2ncon2)cc1.Cl. The van der Waals surface area contributed by atoms with Gasteiger partial charge in [0.1, 0.15) is 0 Å². The van der Waals surface area contributed by atoms with Gasteiger partial charge < -0.3 is 19.9 Å². The van der Waals surface area contributed by atoms with Crippen molar-refractivity contribution in [2.75, 3.05) is 32.1 Å². The van der Waals surface area contributed by atoms with Crippen molar-refractivity contribution < 1.29 is 14.1 Å². The standard InChI is InChI=1S/C13H16N4O3.ClH/c1-19-7-6-14-8-12(18)16-11-4-2-10(3-5-11)13-15-9-20-17-13;/h2-5,9,14H,6-8H2,1H3,(H,16,18);1H. The smallest absolute Gasteiger partial charge is 0.238 e. The van der Waals surface area contributed by atoms with Crippen LogP contribution in [0.15, 0.2) is 35.2 Å². The summed E-state index contributed by atoms with van der Waals surface area (Å²) in [5.41, 5.74) is 1.55. The van der Waals surface area contributed by atoms with E-state index in [2.05, 4.69) is 25.3 Å². The predicted octanol–water partition coefficient (Wildman–Crippen LogP) is 1.33. The molecule has 1 aromatic carbocycles. The molecule has 0 saturated carbocycles. The van der Waals surface area contributed by atoms with Crippen molar-refractivity contribution in [3.05, 3.63) is 30.7 Å². The highest BCUT2D eigenvalue weighted by Crippen LogP contribution is 2.17. The summed E-state index contributed by atoms with van der Waals surface area (Å²) in [5.74, 6) is 0.414. The van der Waals surface area contributed by atoms with Gasteiger partial charge in [-0.2, -0.15) is 4.98 Å². The zero-order valence-electron chi connectivity index (χ0n) is 11.5. The first-order valence-corrected chi connectivity index (χ1v) is 6.16. The number of hydrogen-bond acceptors (Lipinski definition) is 6. The second kappa shape index (κ2) is 9.06. The summed E-state index contributed by atoms with van der Waals surface area (Å²) in [6.07, 6.45) is 1.27. The monoisotopic (exact) mass is 312 g/mol. The molecule has 2 N–H and O–H groups in total. The number of methoxy groups -OCH3 is 1. The molecule has 0 fully saturated rings. The summed E-state index contributed by atoms with van der Waals surface area (Å²) in [4.78, 5) is 15.6. The van der Waals surface area contributed by atoms with Crippen molar-refractivity contribution in [3.63, 3.8) is 0 Å². The van der Waals surface area contributed by atoms with Gasteiger partial charge in [0.05, 0.1) is 13.2 Å². The summed E-state index contributed by atoms with van der Waals surface area (Å²) in [6.45, 7) is 1.46. The average Bonchev–Trinajstić information content (AvgIpc) is 2.99. The predicted molar refractivity (Wildman–Crippen MR) is 80.4 cm³/mol. The van der Waals surface area contributed by atoms with Gasteiger partial charge in [-0.1, -0.05) is 5.16 Å². The Morgan fingerprint density at radius 2 is 2.10 bits per heavy atom. The van der Waals surface area contributed by atoms with Crippen LogP contribution in [0.1, 0.15) is 0 Å². The number of hydrogen-bond donors (Lipinski definition) is 2. The van der Waals surface area contributed by atoms with Crippen LogP contribution in [0.4, 0.5) is 5.69 Å². The second-order valence-electron chi connectivity index (χ2n) is 4.05. The number of anilines is 1. The quantitative estimate of drug-likeness (QED) is 0.750. The van der Waals surface area contributed by atoms with E-state index >= 15 is 0 Å². The number of amides is 1. The zero-order chi connectivity index (χ0) is 14.2. The molecule has 1 aromatic heterocycles. The molecule has 1 amide bonds. The number of rotatable bonds is 7. The van der Waals surface area contributed by atoms with E-state index in [-0.39, 0.29) is 24.9 Å². The van der Waals surface area contributed by atoms with Gasteiger partial charge in [0.2, 0.25) is 18.1 Å². The van der Waals surface area contributed by atoms with E-state index in [0.717, 1.165) is 11.3 Å². The van der Waals surface area contributed by atoms with Crippen LogP contribution < -0.4 is 10.6 Å². The number of nitrogens with zero attached hydrogens (tertiary/aromatic N) is 2. The number of carbonyl (C=O) groups excluding carboxylic acids is 1. The van der Waals surface area contributed by atoms with Crippen LogP contribution in [0.25, 0.3) is 11.4 Å². The fourth-order valence-corrected chi connectivity index (χ4v) is 1.58. The zero-order valence-corrected chi connectivity index (χ0v) is 12.4. The van der Waals surface area contributed by atoms with E-state index < -0.39 is 0 Å². The van der Waals surface area contributed by atoms with Gasteiger partial charge >= 0.3 is 0 Å². The molecule has 2 aromatic rings. The maximum atomic E-state index is 11.6. The van der Waals surface area contributed by atoms with Crippen LogP contribution in [0.5, 0.6) is 0 Å². The Kier molecular flexibility index (Phi) is 7.38. The maximum absolute atomic E-state index is 11.6. The van der Waals surface area contributed by atoms with Crippen molar-refractivity contribution in [1.82, 2.24) is 15.5 Å². The highest BCUT2D eigenvalue weighted by Gasteiger charge is 2.04. The Bertz CT molecular complexity index is 531. The molecule has 8 heteroatoms. The Labute approximate surface area is 128 Å². The van der Waals surface area contributed by atoms with Crippen molar-refractivity contribution in [1.29, 1.82) is 0 Å². The molecular formula is C13H17ClN4O3. The maximum Gasteiger partial charge on any atom is 0.238 e. The number of carbonyl (C=O) groups is 1. The van der Waals surface area contributed by atoms with Crippen LogP contribution in [-0.2, 0) is 9.53 Å². The fraction of sp³-hybridized carbons (Fsp3) is 0.308. The minimum absolute atomic E-state index is 0. The first-order valence-electron chi connectivity index (χ1n) is 6.16. The van der Waals surface area contributed by atoms with Crippen molar-refractivity contribution in [3.8, 4) is 11.4 Å². The second-order valence-corrected chi connectivity index (χ2v) is 4.05. The van der Waals surface area contributed by atoms with E-state index in [1.807, 2.05) is 12.1 Å². The van der Waals surface area contributed by atoms with Crippen LogP contribution in [0, 0.1) is 0 Å². The summed E-state index contributed by atoms with van der Waals surface area (Å²) >= 11 is 0. The number of benzene rings is 1. The molecule has 0 aliphatic heterocycles. The normalized spacial score (nSPS) is 9.95. The molecule has 0 atom stereocenters. The topological polar surface area (TPSA) is 89.3 Å². The first kappa shape index (κ1) is 17.1. The van der Waals surface area contributed by atoms with Crippen LogP contribution in [-0.4, -0.2) is 42.9 Å². The molecule has 0 aliphatic carbocycles. The van der Waals surface area contributed by atoms with E-state index in [4.69, 9.17) is 4.74 Å². The van der Waals surface area contributed by atoms with Gasteiger partial charge in [0.25, 0.3) is 0 Å². The number of nitrogens with one attached hydrogen (secondary N) is 2. The van der Waals surface area contributed by atoms with Gasteiger partial charge in [0, 0.05) is 24.9 Å². The molecule has 7 nitrogen and oxygen atoms in total. The van der Waals surface area contributed by atoms with Gasteiger partial charge in [-0.05, 0) is 24.3 Å². The molecule has 0 radical (unpaired) electrons. The molecule has 0 spiro atoms. The van der Waals surface area contributed by atoms with E-state index in [1.165, 1.54) is 6.39 Å². The fourth-order valence-electron chi connectivity index (χ4n) is 1.58. The molecule has 0 saturated heterocycles. The lowest BCUT2D eigenvalue weighted by atomic mass is 10.2. The average molecular weight is 313 g/mol. The molecule has 1 heterocycles. The third kappa shape index (κ3) is 5.50. The number of ether oxygens (including phenoxy) is 1. The lowest BCUT2D eigenvalue weighted by Gasteiger charge is -2.06.